The van der Waals surface area contributed by atoms with Gasteiger partial charge in [-0.1, -0.05) is 18.2 Å². The lowest BCUT2D eigenvalue weighted by atomic mass is 10.1. The van der Waals surface area contributed by atoms with Crippen molar-refractivity contribution >= 4 is 36.7 Å². The highest BCUT2D eigenvalue weighted by atomic mass is 79.9. The number of nitrogens with one attached hydrogen (secondary N) is 1. The van der Waals surface area contributed by atoms with Crippen molar-refractivity contribution < 1.29 is 13.2 Å². The number of methoxy groups -OCH3 is 1. The van der Waals surface area contributed by atoms with Crippen LogP contribution in [0.5, 0.6) is 5.75 Å². The molecule has 8 heteroatoms. The van der Waals surface area contributed by atoms with E-state index in [2.05, 4.69) is 30.9 Å². The molecule has 0 spiro atoms. The zero-order chi connectivity index (χ0) is 19.9. The van der Waals surface area contributed by atoms with Crippen LogP contribution in [0.15, 0.2) is 69.0 Å². The summed E-state index contributed by atoms with van der Waals surface area (Å²) in [5.41, 5.74) is 1.62. The number of sulfone groups is 1. The van der Waals surface area contributed by atoms with Crippen LogP contribution < -0.4 is 4.74 Å². The van der Waals surface area contributed by atoms with Crippen LogP contribution in [-0.2, 0) is 9.84 Å². The molecule has 6 nitrogen and oxygen atoms in total. The molecule has 4 rings (SSSR count). The molecule has 0 atom stereocenters. The van der Waals surface area contributed by atoms with Crippen LogP contribution in [0.25, 0.3) is 22.3 Å². The molecule has 0 aliphatic carbocycles. The fraction of sp³-hybridized carbons (Fsp3) is 0.100. The predicted molar refractivity (Wildman–Crippen MR) is 110 cm³/mol. The number of H-pyrrole nitrogens is 1. The van der Waals surface area contributed by atoms with E-state index in [9.17, 15) is 8.42 Å². The number of benzene rings is 2. The van der Waals surface area contributed by atoms with E-state index in [-0.39, 0.29) is 9.79 Å². The quantitative estimate of drug-likeness (QED) is 0.486. The molecule has 0 amide bonds. The van der Waals surface area contributed by atoms with Crippen molar-refractivity contribution in [1.82, 2.24) is 15.0 Å². The highest BCUT2D eigenvalue weighted by Crippen LogP contribution is 2.38. The van der Waals surface area contributed by atoms with Crippen LogP contribution >= 0.6 is 15.9 Å². The van der Waals surface area contributed by atoms with Gasteiger partial charge in [-0.3, -0.25) is 0 Å². The van der Waals surface area contributed by atoms with Crippen molar-refractivity contribution in [2.24, 2.45) is 0 Å². The summed E-state index contributed by atoms with van der Waals surface area (Å²) in [6.07, 6.45) is 1.64. The van der Waals surface area contributed by atoms with Crippen molar-refractivity contribution in [1.29, 1.82) is 0 Å². The smallest absolute Gasteiger partial charge is 0.207 e. The monoisotopic (exact) mass is 457 g/mol. The van der Waals surface area contributed by atoms with Gasteiger partial charge >= 0.3 is 0 Å². The summed E-state index contributed by atoms with van der Waals surface area (Å²) in [6, 6.07) is 13.4. The van der Waals surface area contributed by atoms with Crippen LogP contribution in [0, 0.1) is 6.92 Å². The van der Waals surface area contributed by atoms with Gasteiger partial charge in [0.05, 0.1) is 44.5 Å². The summed E-state index contributed by atoms with van der Waals surface area (Å²) >= 11 is 3.50. The van der Waals surface area contributed by atoms with E-state index in [1.807, 2.05) is 6.92 Å². The third kappa shape index (κ3) is 3.08. The maximum Gasteiger partial charge on any atom is 0.207 e. The van der Waals surface area contributed by atoms with Gasteiger partial charge in [-0.25, -0.2) is 18.4 Å². The van der Waals surface area contributed by atoms with Crippen LogP contribution in [0.2, 0.25) is 0 Å². The van der Waals surface area contributed by atoms with Gasteiger partial charge in [-0.15, -0.1) is 0 Å². The second-order valence-electron chi connectivity index (χ2n) is 6.18. The summed E-state index contributed by atoms with van der Waals surface area (Å²) < 4.78 is 32.8. The first-order valence-electron chi connectivity index (χ1n) is 8.41. The number of imidazole rings is 1. The fourth-order valence-corrected chi connectivity index (χ4v) is 5.09. The molecule has 0 aliphatic rings. The summed E-state index contributed by atoms with van der Waals surface area (Å²) in [5, 5.41) is 0.511. The Morgan fingerprint density at radius 3 is 2.50 bits per heavy atom. The summed E-state index contributed by atoms with van der Waals surface area (Å²) in [7, 11) is -2.21. The number of rotatable bonds is 4. The number of aromatic nitrogens is 3. The molecule has 4 aromatic rings. The van der Waals surface area contributed by atoms with Crippen LogP contribution in [0.4, 0.5) is 0 Å². The lowest BCUT2D eigenvalue weighted by Crippen LogP contribution is -2.05. The molecule has 1 N–H and O–H groups in total. The Hall–Kier alpha value is -2.71. The van der Waals surface area contributed by atoms with E-state index in [1.165, 1.54) is 0 Å². The number of nitrogens with zero attached hydrogens (tertiary/aromatic N) is 2. The van der Waals surface area contributed by atoms with E-state index < -0.39 is 9.84 Å². The van der Waals surface area contributed by atoms with E-state index in [0.717, 1.165) is 0 Å². The fourth-order valence-electron chi connectivity index (χ4n) is 3.00. The lowest BCUT2D eigenvalue weighted by Gasteiger charge is -2.13. The zero-order valence-corrected chi connectivity index (χ0v) is 17.5. The minimum atomic E-state index is -3.76. The molecule has 142 valence electrons. The molecular weight excluding hydrogens is 442 g/mol. The number of ether oxygens (including phenoxy) is 1. The minimum Gasteiger partial charge on any atom is -0.495 e. The zero-order valence-electron chi connectivity index (χ0n) is 15.1. The van der Waals surface area contributed by atoms with Crippen molar-refractivity contribution in [3.8, 4) is 17.1 Å². The lowest BCUT2D eigenvalue weighted by molar-refractivity contribution is 0.413. The second-order valence-corrected chi connectivity index (χ2v) is 8.89. The number of aromatic amines is 1. The molecule has 0 saturated carbocycles. The van der Waals surface area contributed by atoms with Crippen molar-refractivity contribution in [2.45, 2.75) is 16.7 Å². The Bertz CT molecular complexity index is 1290. The minimum absolute atomic E-state index is 0.175. The molecule has 0 aliphatic heterocycles. The Balaban J connectivity index is 2.08. The molecule has 2 aromatic heterocycles. The molecular formula is C20H16BrN3O3S. The van der Waals surface area contributed by atoms with Gasteiger partial charge in [0, 0.05) is 5.39 Å². The van der Waals surface area contributed by atoms with Gasteiger partial charge in [-0.2, -0.15) is 0 Å². The third-order valence-electron chi connectivity index (χ3n) is 4.39. The number of hydrogen-bond acceptors (Lipinski definition) is 5. The van der Waals surface area contributed by atoms with Gasteiger partial charge in [0.25, 0.3) is 0 Å². The normalized spacial score (nSPS) is 11.7. The predicted octanol–water partition coefficient (Wildman–Crippen LogP) is 4.54. The van der Waals surface area contributed by atoms with Crippen LogP contribution in [-0.4, -0.2) is 30.5 Å². The molecule has 0 fully saturated rings. The maximum atomic E-state index is 13.4. The first-order chi connectivity index (χ1) is 13.4. The molecule has 2 heterocycles. The SMILES string of the molecule is COc1ccc2c(S(=O)(=O)c3ccccc3)cc(-c3cnc(C)[nH]3)nc2c1Br. The van der Waals surface area contributed by atoms with Gasteiger partial charge in [-0.05, 0) is 53.2 Å². The Morgan fingerprint density at radius 2 is 1.86 bits per heavy atom. The van der Waals surface area contributed by atoms with Gasteiger partial charge in [0.2, 0.25) is 9.84 Å². The number of hydrogen-bond donors (Lipinski definition) is 1. The molecule has 2 aromatic carbocycles. The van der Waals surface area contributed by atoms with Crippen LogP contribution in [0.1, 0.15) is 5.82 Å². The summed E-state index contributed by atoms with van der Waals surface area (Å²) in [4.78, 5) is 12.4. The largest absolute Gasteiger partial charge is 0.495 e. The standard InChI is InChI=1S/C20H16BrN3O3S/c1-12-22-11-16(23-12)15-10-18(28(25,26)13-6-4-3-5-7-13)14-8-9-17(27-2)19(21)20(14)24-15/h3-11H,1-2H3,(H,22,23). The number of fused-ring (bicyclic) bond motifs is 1. The first-order valence-corrected chi connectivity index (χ1v) is 10.7. The molecule has 28 heavy (non-hydrogen) atoms. The van der Waals surface area contributed by atoms with E-state index in [0.29, 0.717) is 38.3 Å². The number of aryl methyl sites for hydroxylation is 1. The molecule has 0 saturated heterocycles. The molecule has 0 bridgehead atoms. The number of halogens is 1. The average molecular weight is 458 g/mol. The Labute approximate surface area is 170 Å². The van der Waals surface area contributed by atoms with Gasteiger partial charge < -0.3 is 9.72 Å². The topological polar surface area (TPSA) is 84.9 Å². The summed E-state index contributed by atoms with van der Waals surface area (Å²) in [6.45, 7) is 1.82. The number of pyridine rings is 1. The van der Waals surface area contributed by atoms with E-state index in [1.54, 1.807) is 61.8 Å². The Morgan fingerprint density at radius 1 is 1.11 bits per heavy atom. The average Bonchev–Trinajstić information content (AvgIpc) is 3.15. The van der Waals surface area contributed by atoms with Crippen molar-refractivity contribution in [3.63, 3.8) is 0 Å². The van der Waals surface area contributed by atoms with Crippen molar-refractivity contribution in [2.75, 3.05) is 7.11 Å². The molecule has 0 unspecified atom stereocenters. The summed E-state index contributed by atoms with van der Waals surface area (Å²) in [5.74, 6) is 1.29. The maximum absolute atomic E-state index is 13.4. The highest BCUT2D eigenvalue weighted by Gasteiger charge is 2.24. The van der Waals surface area contributed by atoms with E-state index >= 15 is 0 Å². The van der Waals surface area contributed by atoms with Crippen LogP contribution in [0.3, 0.4) is 0 Å². The third-order valence-corrected chi connectivity index (χ3v) is 6.96. The Kier molecular flexibility index (Phi) is 4.68. The van der Waals surface area contributed by atoms with Crippen molar-refractivity contribution in [3.05, 3.63) is 65.0 Å². The van der Waals surface area contributed by atoms with Gasteiger partial charge in [0.15, 0.2) is 0 Å². The first kappa shape index (κ1) is 18.6. The van der Waals surface area contributed by atoms with Gasteiger partial charge in [0.1, 0.15) is 11.6 Å². The van der Waals surface area contributed by atoms with E-state index in [4.69, 9.17) is 4.74 Å². The second kappa shape index (κ2) is 7.03. The molecule has 0 radical (unpaired) electrons. The highest BCUT2D eigenvalue weighted by molar-refractivity contribution is 9.10.